The first-order valence-corrected chi connectivity index (χ1v) is 11.9. The van der Waals surface area contributed by atoms with Gasteiger partial charge in [-0.1, -0.05) is 25.5 Å². The van der Waals surface area contributed by atoms with E-state index in [0.29, 0.717) is 24.9 Å². The van der Waals surface area contributed by atoms with Crippen LogP contribution in [0.1, 0.15) is 37.2 Å². The van der Waals surface area contributed by atoms with E-state index in [0.717, 1.165) is 31.0 Å². The molecule has 208 valence electrons. The van der Waals surface area contributed by atoms with Crippen LogP contribution in [-0.4, -0.2) is 19.3 Å². The number of ether oxygens (including phenoxy) is 3. The summed E-state index contributed by atoms with van der Waals surface area (Å²) in [6.07, 6.45) is -2.86. The van der Waals surface area contributed by atoms with E-state index >= 15 is 0 Å². The van der Waals surface area contributed by atoms with Crippen LogP contribution in [-0.2, 0) is 9.47 Å². The lowest BCUT2D eigenvalue weighted by atomic mass is 10.00. The molecule has 0 radical (unpaired) electrons. The maximum absolute atomic E-state index is 14.9. The summed E-state index contributed by atoms with van der Waals surface area (Å²) < 4.78 is 127. The van der Waals surface area contributed by atoms with Crippen molar-refractivity contribution in [3.63, 3.8) is 0 Å². The summed E-state index contributed by atoms with van der Waals surface area (Å²) in [4.78, 5) is 0. The third-order valence-corrected chi connectivity index (χ3v) is 5.97. The first-order valence-electron chi connectivity index (χ1n) is 11.9. The molecule has 3 aromatic rings. The van der Waals surface area contributed by atoms with Gasteiger partial charge in [0.2, 0.25) is 0 Å². The molecule has 1 aliphatic rings. The van der Waals surface area contributed by atoms with Crippen LogP contribution in [0, 0.1) is 40.8 Å². The van der Waals surface area contributed by atoms with Gasteiger partial charge in [0, 0.05) is 40.8 Å². The van der Waals surface area contributed by atoms with E-state index in [2.05, 4.69) is 4.74 Å². The normalized spacial score (nSPS) is 18.1. The number of rotatable bonds is 8. The van der Waals surface area contributed by atoms with E-state index in [-0.39, 0.29) is 35.3 Å². The summed E-state index contributed by atoms with van der Waals surface area (Å²) in [7, 11) is 0. The zero-order valence-corrected chi connectivity index (χ0v) is 20.4. The maximum atomic E-state index is 14.9. The fourth-order valence-corrected chi connectivity index (χ4v) is 4.08. The highest BCUT2D eigenvalue weighted by Crippen LogP contribution is 2.33. The fourth-order valence-electron chi connectivity index (χ4n) is 4.08. The summed E-state index contributed by atoms with van der Waals surface area (Å²) in [6, 6.07) is 5.80. The Balaban J connectivity index is 1.50. The molecular weight excluding hydrogens is 536 g/mol. The van der Waals surface area contributed by atoms with Crippen molar-refractivity contribution in [1.29, 1.82) is 0 Å². The van der Waals surface area contributed by atoms with Crippen molar-refractivity contribution in [3.8, 4) is 16.9 Å². The molecular formula is C28H22F8O3. The highest BCUT2D eigenvalue weighted by molar-refractivity contribution is 5.67. The highest BCUT2D eigenvalue weighted by Gasteiger charge is 2.30. The van der Waals surface area contributed by atoms with Crippen LogP contribution in [0.3, 0.4) is 0 Å². The first-order chi connectivity index (χ1) is 18.5. The summed E-state index contributed by atoms with van der Waals surface area (Å²) >= 11 is 0. The van der Waals surface area contributed by atoms with Crippen molar-refractivity contribution in [2.75, 3.05) is 13.2 Å². The van der Waals surface area contributed by atoms with Gasteiger partial charge in [0.15, 0.2) is 23.7 Å². The van der Waals surface area contributed by atoms with Crippen LogP contribution in [0.15, 0.2) is 48.5 Å². The van der Waals surface area contributed by atoms with Gasteiger partial charge in [-0.05, 0) is 36.3 Å². The minimum absolute atomic E-state index is 0.0576. The summed E-state index contributed by atoms with van der Waals surface area (Å²) in [5.41, 5.74) is -0.864. The zero-order valence-electron chi connectivity index (χ0n) is 20.4. The Kier molecular flexibility index (Phi) is 8.60. The Hall–Kier alpha value is -3.44. The Morgan fingerprint density at radius 1 is 0.846 bits per heavy atom. The standard InChI is InChI=1S/C28H22F8O3/c1-2-3-15-13-37-27(38-14-15)16-4-5-19(21(29)8-16)17-9-22(30)20(23(31)10-17)6-7-28(35,36)39-18-11-24(32)26(34)25(33)12-18/h4-12,15,27H,2-3,13-14H2,1H3/b7-6+. The monoisotopic (exact) mass is 558 g/mol. The maximum Gasteiger partial charge on any atom is 0.419 e. The van der Waals surface area contributed by atoms with E-state index < -0.39 is 58.6 Å². The number of halogens is 8. The average molecular weight is 558 g/mol. The van der Waals surface area contributed by atoms with Gasteiger partial charge in [0.1, 0.15) is 23.2 Å². The van der Waals surface area contributed by atoms with Crippen LogP contribution in [0.5, 0.6) is 5.75 Å². The van der Waals surface area contributed by atoms with E-state index in [1.807, 2.05) is 6.92 Å². The van der Waals surface area contributed by atoms with Crippen LogP contribution in [0.4, 0.5) is 35.1 Å². The van der Waals surface area contributed by atoms with Gasteiger partial charge < -0.3 is 14.2 Å². The molecule has 3 aromatic carbocycles. The molecule has 0 saturated carbocycles. The van der Waals surface area contributed by atoms with Gasteiger partial charge in [0.05, 0.1) is 13.2 Å². The van der Waals surface area contributed by atoms with Gasteiger partial charge >= 0.3 is 6.11 Å². The lowest BCUT2D eigenvalue weighted by Crippen LogP contribution is -2.27. The van der Waals surface area contributed by atoms with Gasteiger partial charge in [-0.3, -0.25) is 0 Å². The van der Waals surface area contributed by atoms with Gasteiger partial charge in [-0.25, -0.2) is 26.3 Å². The summed E-state index contributed by atoms with van der Waals surface area (Å²) in [6.45, 7) is 2.95. The third kappa shape index (κ3) is 6.77. The molecule has 0 unspecified atom stereocenters. The van der Waals surface area contributed by atoms with Crippen molar-refractivity contribution >= 4 is 6.08 Å². The lowest BCUT2D eigenvalue weighted by molar-refractivity contribution is -0.206. The molecule has 1 fully saturated rings. The lowest BCUT2D eigenvalue weighted by Gasteiger charge is -2.29. The van der Waals surface area contributed by atoms with E-state index in [1.165, 1.54) is 12.1 Å². The SMILES string of the molecule is CCCC1COC(c2ccc(-c3cc(F)c(/C=C/C(F)(F)Oc4cc(F)c(F)c(F)c4)c(F)c3)c(F)c2)OC1. The Morgan fingerprint density at radius 3 is 2.03 bits per heavy atom. The predicted octanol–water partition coefficient (Wildman–Crippen LogP) is 8.33. The second-order valence-corrected chi connectivity index (χ2v) is 8.94. The summed E-state index contributed by atoms with van der Waals surface area (Å²) in [5.74, 6) is -9.62. The molecule has 0 aliphatic carbocycles. The summed E-state index contributed by atoms with van der Waals surface area (Å²) in [5, 5.41) is 0. The molecule has 0 N–H and O–H groups in total. The van der Waals surface area contributed by atoms with Crippen LogP contribution in [0.2, 0.25) is 0 Å². The Bertz CT molecular complexity index is 1320. The second kappa shape index (κ2) is 11.7. The minimum Gasteiger partial charge on any atom is -0.429 e. The minimum atomic E-state index is -4.28. The van der Waals surface area contributed by atoms with E-state index in [1.54, 1.807) is 0 Å². The van der Waals surface area contributed by atoms with Crippen LogP contribution in [0.25, 0.3) is 17.2 Å². The van der Waals surface area contributed by atoms with Crippen molar-refractivity contribution in [2.45, 2.75) is 32.2 Å². The molecule has 1 heterocycles. The number of benzene rings is 3. The van der Waals surface area contributed by atoms with Crippen LogP contribution >= 0.6 is 0 Å². The zero-order chi connectivity index (χ0) is 28.3. The molecule has 11 heteroatoms. The van der Waals surface area contributed by atoms with Crippen LogP contribution < -0.4 is 4.74 Å². The van der Waals surface area contributed by atoms with Crippen molar-refractivity contribution in [3.05, 3.63) is 94.6 Å². The first kappa shape index (κ1) is 28.6. The largest absolute Gasteiger partial charge is 0.429 e. The highest BCUT2D eigenvalue weighted by atomic mass is 19.3. The third-order valence-electron chi connectivity index (χ3n) is 5.97. The fraction of sp³-hybridized carbons (Fsp3) is 0.286. The molecule has 1 saturated heterocycles. The molecule has 0 atom stereocenters. The Labute approximate surface area is 218 Å². The molecule has 0 amide bonds. The van der Waals surface area contributed by atoms with E-state index in [9.17, 15) is 35.1 Å². The van der Waals surface area contributed by atoms with Crippen molar-refractivity contribution < 1.29 is 49.3 Å². The van der Waals surface area contributed by atoms with Crippen molar-refractivity contribution in [1.82, 2.24) is 0 Å². The van der Waals surface area contributed by atoms with E-state index in [4.69, 9.17) is 9.47 Å². The number of hydrogen-bond acceptors (Lipinski definition) is 3. The van der Waals surface area contributed by atoms with Gasteiger partial charge in [0.25, 0.3) is 0 Å². The topological polar surface area (TPSA) is 27.7 Å². The molecule has 0 aromatic heterocycles. The van der Waals surface area contributed by atoms with Gasteiger partial charge in [-0.2, -0.15) is 8.78 Å². The van der Waals surface area contributed by atoms with Gasteiger partial charge in [-0.15, -0.1) is 0 Å². The Morgan fingerprint density at radius 2 is 1.46 bits per heavy atom. The molecule has 3 nitrogen and oxygen atoms in total. The molecule has 0 bridgehead atoms. The quantitative estimate of drug-likeness (QED) is 0.206. The number of alkyl halides is 2. The number of hydrogen-bond donors (Lipinski definition) is 0. The predicted molar refractivity (Wildman–Crippen MR) is 126 cm³/mol. The molecule has 4 rings (SSSR count). The smallest absolute Gasteiger partial charge is 0.419 e. The average Bonchev–Trinajstić information content (AvgIpc) is 2.87. The second-order valence-electron chi connectivity index (χ2n) is 8.94. The molecule has 0 spiro atoms. The van der Waals surface area contributed by atoms with Crippen molar-refractivity contribution in [2.24, 2.45) is 5.92 Å². The molecule has 1 aliphatic heterocycles. The molecule has 39 heavy (non-hydrogen) atoms.